The van der Waals surface area contributed by atoms with Crippen molar-refractivity contribution in [1.82, 2.24) is 25.1 Å². The Bertz CT molecular complexity index is 791. The van der Waals surface area contributed by atoms with Crippen molar-refractivity contribution in [3.8, 4) is 11.8 Å². The van der Waals surface area contributed by atoms with Crippen molar-refractivity contribution >= 4 is 11.6 Å². The summed E-state index contributed by atoms with van der Waals surface area (Å²) >= 11 is 0. The number of aromatic nitrogens is 4. The molecule has 0 aromatic carbocycles. The van der Waals surface area contributed by atoms with Gasteiger partial charge in [-0.1, -0.05) is 0 Å². The number of H-pyrrole nitrogens is 1. The van der Waals surface area contributed by atoms with Crippen LogP contribution in [0.3, 0.4) is 0 Å². The van der Waals surface area contributed by atoms with E-state index in [-0.39, 0.29) is 29.4 Å². The van der Waals surface area contributed by atoms with Gasteiger partial charge in [-0.3, -0.25) is 9.88 Å². The zero-order valence-electron chi connectivity index (χ0n) is 14.5. The minimum absolute atomic E-state index is 0.125. The second-order valence-electron chi connectivity index (χ2n) is 6.66. The molecule has 0 radical (unpaired) electrons. The molecule has 2 aliphatic heterocycles. The molecule has 146 valence electrons. The Morgan fingerprint density at radius 1 is 1.30 bits per heavy atom. The average molecular weight is 384 g/mol. The van der Waals surface area contributed by atoms with Crippen LogP contribution in [0.5, 0.6) is 11.8 Å². The Morgan fingerprint density at radius 3 is 2.96 bits per heavy atom. The third kappa shape index (κ3) is 3.77. The molecule has 2 aliphatic rings. The highest BCUT2D eigenvalue weighted by Gasteiger charge is 2.47. The van der Waals surface area contributed by atoms with E-state index < -0.39 is 18.9 Å². The summed E-state index contributed by atoms with van der Waals surface area (Å²) in [6.07, 6.45) is 3.57. The standard InChI is InChI=1S/C16H19F3N6O2/c1-25-8-2-3-9(25)15(17)10(4-8)26-14-7-20-6-12(22-14)21-11-5-13(24-23-11)27-16(18)19/h5-10,15-16H,2-4H2,1H3,(H2,21,22,23,24)/t8-,9+,10+,15-/m1/s1. The number of hydrogen-bond acceptors (Lipinski definition) is 7. The summed E-state index contributed by atoms with van der Waals surface area (Å²) in [7, 11) is 1.95. The lowest BCUT2D eigenvalue weighted by molar-refractivity contribution is -0.0528. The van der Waals surface area contributed by atoms with Crippen molar-refractivity contribution in [3.05, 3.63) is 18.5 Å². The van der Waals surface area contributed by atoms with Crippen molar-refractivity contribution < 1.29 is 22.6 Å². The molecule has 2 fully saturated rings. The number of alkyl halides is 3. The fourth-order valence-electron chi connectivity index (χ4n) is 3.74. The van der Waals surface area contributed by atoms with Gasteiger partial charge in [0, 0.05) is 24.6 Å². The van der Waals surface area contributed by atoms with Gasteiger partial charge < -0.3 is 14.8 Å². The number of anilines is 2. The SMILES string of the molecule is CN1[C@@H]2CC[C@H]1[C@@H](F)[C@@H](Oc1cncc(Nc3cc(OC(F)F)[nH]n3)n1)C2. The first-order valence-corrected chi connectivity index (χ1v) is 8.61. The monoisotopic (exact) mass is 384 g/mol. The Balaban J connectivity index is 1.41. The summed E-state index contributed by atoms with van der Waals surface area (Å²) in [4.78, 5) is 10.3. The third-order valence-electron chi connectivity index (χ3n) is 5.03. The zero-order valence-corrected chi connectivity index (χ0v) is 14.5. The molecule has 2 saturated heterocycles. The van der Waals surface area contributed by atoms with Crippen LogP contribution in [0, 0.1) is 0 Å². The van der Waals surface area contributed by atoms with Crippen LogP contribution in [0.1, 0.15) is 19.3 Å². The number of rotatable bonds is 6. The quantitative estimate of drug-likeness (QED) is 0.791. The van der Waals surface area contributed by atoms with Crippen LogP contribution in [-0.4, -0.2) is 63.1 Å². The van der Waals surface area contributed by atoms with Crippen LogP contribution in [-0.2, 0) is 0 Å². The van der Waals surface area contributed by atoms with Gasteiger partial charge in [-0.05, 0) is 19.9 Å². The lowest BCUT2D eigenvalue weighted by Gasteiger charge is -2.38. The number of halogens is 3. The van der Waals surface area contributed by atoms with E-state index in [0.29, 0.717) is 12.5 Å². The van der Waals surface area contributed by atoms with Gasteiger partial charge in [-0.25, -0.2) is 9.49 Å². The number of ether oxygens (including phenoxy) is 2. The first-order valence-electron chi connectivity index (χ1n) is 8.61. The zero-order chi connectivity index (χ0) is 19.0. The summed E-state index contributed by atoms with van der Waals surface area (Å²) in [5, 5.41) is 8.91. The largest absolute Gasteiger partial charge is 0.470 e. The van der Waals surface area contributed by atoms with Gasteiger partial charge in [0.05, 0.1) is 12.4 Å². The number of nitrogens with zero attached hydrogens (tertiary/aromatic N) is 4. The second-order valence-corrected chi connectivity index (χ2v) is 6.66. The van der Waals surface area contributed by atoms with Crippen molar-refractivity contribution in [2.24, 2.45) is 0 Å². The van der Waals surface area contributed by atoms with Gasteiger partial charge in [0.2, 0.25) is 11.8 Å². The molecular weight excluding hydrogens is 365 g/mol. The molecule has 27 heavy (non-hydrogen) atoms. The summed E-state index contributed by atoms with van der Waals surface area (Å²) in [6.45, 7) is -2.95. The third-order valence-corrected chi connectivity index (χ3v) is 5.03. The number of hydrogen-bond donors (Lipinski definition) is 2. The fourth-order valence-corrected chi connectivity index (χ4v) is 3.74. The smallest absolute Gasteiger partial charge is 0.388 e. The topological polar surface area (TPSA) is 88.2 Å². The van der Waals surface area contributed by atoms with Crippen LogP contribution in [0.2, 0.25) is 0 Å². The second kappa shape index (κ2) is 7.22. The van der Waals surface area contributed by atoms with Crippen molar-refractivity contribution in [1.29, 1.82) is 0 Å². The van der Waals surface area contributed by atoms with Crippen LogP contribution in [0.15, 0.2) is 18.5 Å². The average Bonchev–Trinajstić information content (AvgIpc) is 3.15. The molecule has 0 spiro atoms. The van der Waals surface area contributed by atoms with Gasteiger partial charge in [0.1, 0.15) is 6.10 Å². The number of aromatic amines is 1. The fraction of sp³-hybridized carbons (Fsp3) is 0.562. The van der Waals surface area contributed by atoms with Crippen LogP contribution < -0.4 is 14.8 Å². The molecule has 2 aromatic heterocycles. The summed E-state index contributed by atoms with van der Waals surface area (Å²) in [6, 6.07) is 1.45. The van der Waals surface area contributed by atoms with E-state index in [9.17, 15) is 13.2 Å². The maximum atomic E-state index is 14.7. The number of piperidine rings is 1. The summed E-state index contributed by atoms with van der Waals surface area (Å²) in [5.41, 5.74) is 0. The first kappa shape index (κ1) is 17.8. The molecule has 2 aromatic rings. The Hall–Kier alpha value is -2.56. The first-order chi connectivity index (χ1) is 13.0. The van der Waals surface area contributed by atoms with Gasteiger partial charge in [0.25, 0.3) is 0 Å². The van der Waals surface area contributed by atoms with Gasteiger partial charge in [-0.15, -0.1) is 0 Å². The minimum Gasteiger partial charge on any atom is -0.470 e. The van der Waals surface area contributed by atoms with Crippen LogP contribution in [0.4, 0.5) is 24.8 Å². The van der Waals surface area contributed by atoms with Crippen molar-refractivity contribution in [2.75, 3.05) is 12.4 Å². The number of nitrogens with one attached hydrogen (secondary N) is 2. The van der Waals surface area contributed by atoms with E-state index in [1.165, 1.54) is 18.5 Å². The van der Waals surface area contributed by atoms with E-state index in [1.807, 2.05) is 7.05 Å². The lowest BCUT2D eigenvalue weighted by Crippen LogP contribution is -2.52. The highest BCUT2D eigenvalue weighted by molar-refractivity contribution is 5.52. The molecule has 8 nitrogen and oxygen atoms in total. The highest BCUT2D eigenvalue weighted by Crippen LogP contribution is 2.37. The van der Waals surface area contributed by atoms with Crippen LogP contribution >= 0.6 is 0 Å². The van der Waals surface area contributed by atoms with Crippen molar-refractivity contribution in [3.63, 3.8) is 0 Å². The van der Waals surface area contributed by atoms with E-state index in [4.69, 9.17) is 4.74 Å². The maximum Gasteiger partial charge on any atom is 0.388 e. The van der Waals surface area contributed by atoms with E-state index >= 15 is 0 Å². The Kier molecular flexibility index (Phi) is 4.77. The molecule has 0 saturated carbocycles. The molecule has 2 bridgehead atoms. The summed E-state index contributed by atoms with van der Waals surface area (Å²) in [5.74, 6) is 0.512. The minimum atomic E-state index is -2.95. The van der Waals surface area contributed by atoms with E-state index in [2.05, 4.69) is 35.1 Å². The highest BCUT2D eigenvalue weighted by atomic mass is 19.3. The van der Waals surface area contributed by atoms with Gasteiger partial charge in [-0.2, -0.15) is 18.9 Å². The van der Waals surface area contributed by atoms with E-state index in [1.54, 1.807) is 0 Å². The van der Waals surface area contributed by atoms with E-state index in [0.717, 1.165) is 12.8 Å². The molecule has 0 aliphatic carbocycles. The molecule has 0 unspecified atom stereocenters. The van der Waals surface area contributed by atoms with Crippen molar-refractivity contribution in [2.45, 2.75) is 50.2 Å². The summed E-state index contributed by atoms with van der Waals surface area (Å²) < 4.78 is 49.1. The van der Waals surface area contributed by atoms with Gasteiger partial charge >= 0.3 is 6.61 Å². The van der Waals surface area contributed by atoms with Gasteiger partial charge in [0.15, 0.2) is 17.8 Å². The predicted octanol–water partition coefficient (Wildman–Crippen LogP) is 2.50. The molecule has 2 N–H and O–H groups in total. The normalized spacial score (nSPS) is 27.7. The predicted molar refractivity (Wildman–Crippen MR) is 89.0 cm³/mol. The molecule has 4 atom stereocenters. The maximum absolute atomic E-state index is 14.7. The molecule has 4 heterocycles. The number of fused-ring (bicyclic) bond motifs is 2. The Labute approximate surface area is 153 Å². The molecule has 0 amide bonds. The molecular formula is C16H19F3N6O2. The lowest BCUT2D eigenvalue weighted by atomic mass is 9.98. The van der Waals surface area contributed by atoms with Crippen LogP contribution in [0.25, 0.3) is 0 Å². The Morgan fingerprint density at radius 2 is 2.15 bits per heavy atom. The molecule has 11 heteroatoms. The molecule has 4 rings (SSSR count).